The average molecular weight is 368 g/mol. The minimum Gasteiger partial charge on any atom is -0.333 e. The molecule has 4 rings (SSSR count). The van der Waals surface area contributed by atoms with Crippen molar-refractivity contribution in [3.63, 3.8) is 0 Å². The van der Waals surface area contributed by atoms with Crippen LogP contribution in [0.4, 0.5) is 4.79 Å². The second kappa shape index (κ2) is 7.39. The van der Waals surface area contributed by atoms with E-state index in [9.17, 15) is 9.59 Å². The van der Waals surface area contributed by atoms with Gasteiger partial charge in [0.25, 0.3) is 5.56 Å². The van der Waals surface area contributed by atoms with Crippen molar-refractivity contribution >= 4 is 27.8 Å². The van der Waals surface area contributed by atoms with Gasteiger partial charge in [-0.05, 0) is 60.7 Å². The number of hydrogen-bond acceptors (Lipinski definition) is 5. The number of nitrogens with one attached hydrogen (secondary N) is 1. The molecule has 1 fully saturated rings. The lowest BCUT2D eigenvalue weighted by molar-refractivity contribution is 0.243. The molecule has 134 valence electrons. The fourth-order valence-electron chi connectivity index (χ4n) is 3.21. The third kappa shape index (κ3) is 3.54. The maximum Gasteiger partial charge on any atom is 0.338 e. The number of carbonyl (C=O) groups excluding carboxylic acids is 1. The third-order valence-corrected chi connectivity index (χ3v) is 5.63. The summed E-state index contributed by atoms with van der Waals surface area (Å²) in [5.41, 5.74) is 1.97. The average Bonchev–Trinajstić information content (AvgIpc) is 3.29. The summed E-state index contributed by atoms with van der Waals surface area (Å²) in [5.74, 6) is 0. The highest BCUT2D eigenvalue weighted by molar-refractivity contribution is 7.14. The van der Waals surface area contributed by atoms with E-state index in [1.54, 1.807) is 18.3 Å². The SMILES string of the molecule is O=C(NCc1ccc(CN2CCCC2)cc1)n1sc2ncccc2c1=O. The fourth-order valence-corrected chi connectivity index (χ4v) is 4.07. The van der Waals surface area contributed by atoms with Gasteiger partial charge >= 0.3 is 6.03 Å². The summed E-state index contributed by atoms with van der Waals surface area (Å²) in [6.07, 6.45) is 4.19. The summed E-state index contributed by atoms with van der Waals surface area (Å²) in [7, 11) is 0. The highest BCUT2D eigenvalue weighted by atomic mass is 32.1. The molecule has 7 heteroatoms. The van der Waals surface area contributed by atoms with Crippen molar-refractivity contribution in [3.05, 3.63) is 64.1 Å². The number of rotatable bonds is 4. The minimum atomic E-state index is -0.417. The number of fused-ring (bicyclic) bond motifs is 1. The Labute approximate surface area is 155 Å². The van der Waals surface area contributed by atoms with Crippen LogP contribution < -0.4 is 10.9 Å². The Morgan fingerprint density at radius 1 is 1.12 bits per heavy atom. The van der Waals surface area contributed by atoms with Gasteiger partial charge in [0.15, 0.2) is 0 Å². The topological polar surface area (TPSA) is 67.2 Å². The molecular formula is C19H20N4O2S. The zero-order chi connectivity index (χ0) is 17.9. The second-order valence-corrected chi connectivity index (χ2v) is 7.44. The smallest absolute Gasteiger partial charge is 0.333 e. The van der Waals surface area contributed by atoms with E-state index < -0.39 is 6.03 Å². The van der Waals surface area contributed by atoms with Gasteiger partial charge in [-0.3, -0.25) is 9.69 Å². The lowest BCUT2D eigenvalue weighted by Crippen LogP contribution is -2.32. The van der Waals surface area contributed by atoms with Crippen LogP contribution in [0.3, 0.4) is 0 Å². The normalized spacial score (nSPS) is 14.8. The summed E-state index contributed by atoms with van der Waals surface area (Å²) in [5, 5.41) is 3.28. The van der Waals surface area contributed by atoms with Crippen molar-refractivity contribution < 1.29 is 4.79 Å². The number of pyridine rings is 1. The summed E-state index contributed by atoms with van der Waals surface area (Å²) >= 11 is 1.06. The van der Waals surface area contributed by atoms with Crippen molar-refractivity contribution in [3.8, 4) is 0 Å². The van der Waals surface area contributed by atoms with E-state index in [2.05, 4.69) is 27.3 Å². The molecule has 3 heterocycles. The summed E-state index contributed by atoms with van der Waals surface area (Å²) in [6.45, 7) is 3.72. The van der Waals surface area contributed by atoms with E-state index in [1.165, 1.54) is 31.5 Å². The van der Waals surface area contributed by atoms with Gasteiger partial charge in [-0.25, -0.2) is 9.78 Å². The quantitative estimate of drug-likeness (QED) is 0.769. The standard InChI is InChI=1S/C19H20N4O2S/c24-18-16-4-3-9-20-17(16)26-23(18)19(25)21-12-14-5-7-15(8-6-14)13-22-10-1-2-11-22/h3-9H,1-2,10-13H2,(H,21,25). The first-order valence-corrected chi connectivity index (χ1v) is 9.53. The first-order chi connectivity index (χ1) is 12.7. The van der Waals surface area contributed by atoms with Crippen LogP contribution in [0.1, 0.15) is 24.0 Å². The number of nitrogens with zero attached hydrogens (tertiary/aromatic N) is 3. The van der Waals surface area contributed by atoms with Crippen molar-refractivity contribution in [2.24, 2.45) is 0 Å². The summed E-state index contributed by atoms with van der Waals surface area (Å²) in [6, 6.07) is 11.2. The molecule has 1 aliphatic heterocycles. The molecule has 0 atom stereocenters. The largest absolute Gasteiger partial charge is 0.338 e. The van der Waals surface area contributed by atoms with Gasteiger partial charge in [0.05, 0.1) is 5.39 Å². The van der Waals surface area contributed by atoms with Crippen LogP contribution in [0, 0.1) is 0 Å². The molecular weight excluding hydrogens is 348 g/mol. The molecule has 1 saturated heterocycles. The molecule has 2 aromatic heterocycles. The van der Waals surface area contributed by atoms with Gasteiger partial charge in [-0.2, -0.15) is 3.96 Å². The summed E-state index contributed by atoms with van der Waals surface area (Å²) < 4.78 is 1.12. The fraction of sp³-hybridized carbons (Fsp3) is 0.316. The molecule has 1 aliphatic rings. The number of amides is 1. The molecule has 1 N–H and O–H groups in total. The number of hydrogen-bond donors (Lipinski definition) is 1. The van der Waals surface area contributed by atoms with Crippen LogP contribution in [0.2, 0.25) is 0 Å². The van der Waals surface area contributed by atoms with Gasteiger partial charge < -0.3 is 5.32 Å². The Balaban J connectivity index is 1.39. The first kappa shape index (κ1) is 16.9. The molecule has 1 aromatic carbocycles. The Morgan fingerprint density at radius 3 is 2.58 bits per heavy atom. The van der Waals surface area contributed by atoms with E-state index in [0.717, 1.165) is 27.6 Å². The predicted molar refractivity (Wildman–Crippen MR) is 102 cm³/mol. The molecule has 0 bridgehead atoms. The minimum absolute atomic E-state index is 0.323. The van der Waals surface area contributed by atoms with Crippen LogP contribution in [0.15, 0.2) is 47.4 Å². The monoisotopic (exact) mass is 368 g/mol. The van der Waals surface area contributed by atoms with E-state index in [4.69, 9.17) is 0 Å². The number of likely N-dealkylation sites (tertiary alicyclic amines) is 1. The lowest BCUT2D eigenvalue weighted by atomic mass is 10.1. The van der Waals surface area contributed by atoms with Crippen molar-refractivity contribution in [2.75, 3.05) is 13.1 Å². The third-order valence-electron chi connectivity index (χ3n) is 4.62. The number of aromatic nitrogens is 2. The Morgan fingerprint density at radius 2 is 1.85 bits per heavy atom. The molecule has 0 saturated carbocycles. The van der Waals surface area contributed by atoms with Crippen molar-refractivity contribution in [1.29, 1.82) is 0 Å². The molecule has 0 spiro atoms. The van der Waals surface area contributed by atoms with Crippen molar-refractivity contribution in [1.82, 2.24) is 19.2 Å². The van der Waals surface area contributed by atoms with Crippen molar-refractivity contribution in [2.45, 2.75) is 25.9 Å². The molecule has 6 nitrogen and oxygen atoms in total. The van der Waals surface area contributed by atoms with Gasteiger partial charge in [0.2, 0.25) is 0 Å². The van der Waals surface area contributed by atoms with Crippen LogP contribution in [0.25, 0.3) is 10.2 Å². The number of carbonyl (C=O) groups is 1. The molecule has 0 radical (unpaired) electrons. The maximum absolute atomic E-state index is 12.3. The van der Waals surface area contributed by atoms with Gasteiger partial charge in [-0.15, -0.1) is 0 Å². The Kier molecular flexibility index (Phi) is 4.81. The molecule has 1 amide bonds. The Bertz CT molecular complexity index is 971. The van der Waals surface area contributed by atoms with Crippen LogP contribution in [-0.4, -0.2) is 33.0 Å². The first-order valence-electron chi connectivity index (χ1n) is 8.76. The van der Waals surface area contributed by atoms with Crippen LogP contribution in [0.5, 0.6) is 0 Å². The predicted octanol–water partition coefficient (Wildman–Crippen LogP) is 2.81. The molecule has 26 heavy (non-hydrogen) atoms. The van der Waals surface area contributed by atoms with Gasteiger partial charge in [0.1, 0.15) is 4.83 Å². The van der Waals surface area contributed by atoms with E-state index in [1.807, 2.05) is 12.1 Å². The zero-order valence-corrected chi connectivity index (χ0v) is 15.2. The highest BCUT2D eigenvalue weighted by Gasteiger charge is 2.14. The van der Waals surface area contributed by atoms with Gasteiger partial charge in [0, 0.05) is 19.3 Å². The van der Waals surface area contributed by atoms with E-state index in [0.29, 0.717) is 16.8 Å². The van der Waals surface area contributed by atoms with E-state index >= 15 is 0 Å². The zero-order valence-electron chi connectivity index (χ0n) is 14.4. The van der Waals surface area contributed by atoms with E-state index in [-0.39, 0.29) is 5.56 Å². The Hall–Kier alpha value is -2.51. The lowest BCUT2D eigenvalue weighted by Gasteiger charge is -2.14. The second-order valence-electron chi connectivity index (χ2n) is 6.51. The number of benzene rings is 1. The maximum atomic E-state index is 12.3. The molecule has 0 aliphatic carbocycles. The van der Waals surface area contributed by atoms with Gasteiger partial charge in [-0.1, -0.05) is 24.3 Å². The molecule has 0 unspecified atom stereocenters. The molecule has 3 aromatic rings. The van der Waals surface area contributed by atoms with Crippen LogP contribution >= 0.6 is 11.5 Å². The summed E-state index contributed by atoms with van der Waals surface area (Å²) in [4.78, 5) is 31.7. The highest BCUT2D eigenvalue weighted by Crippen LogP contribution is 2.14. The van der Waals surface area contributed by atoms with Crippen LogP contribution in [-0.2, 0) is 13.1 Å².